The highest BCUT2D eigenvalue weighted by atomic mass is 19.1. The molecule has 0 atom stereocenters. The fraction of sp³-hybridized carbons (Fsp3) is 0.0714. The van der Waals surface area contributed by atoms with Gasteiger partial charge in [-0.2, -0.15) is 5.26 Å². The molecule has 2 aromatic rings. The van der Waals surface area contributed by atoms with E-state index in [4.69, 9.17) is 10.00 Å². The molecule has 20 heavy (non-hydrogen) atoms. The zero-order valence-corrected chi connectivity index (χ0v) is 10.5. The van der Waals surface area contributed by atoms with Crippen LogP contribution in [-0.2, 0) is 6.61 Å². The summed E-state index contributed by atoms with van der Waals surface area (Å²) in [4.78, 5) is 0. The van der Waals surface area contributed by atoms with Crippen LogP contribution in [0.15, 0.2) is 42.5 Å². The van der Waals surface area contributed by atoms with E-state index in [1.54, 1.807) is 24.3 Å². The number of hydrogen-bond acceptors (Lipinski definition) is 4. The minimum Gasteiger partial charge on any atom is -0.489 e. The average Bonchev–Trinajstić information content (AvgIpc) is 2.46. The summed E-state index contributed by atoms with van der Waals surface area (Å²) in [5.74, 6) is -0.393. The van der Waals surface area contributed by atoms with E-state index in [2.05, 4.69) is 0 Å². The molecule has 2 rings (SSSR count). The van der Waals surface area contributed by atoms with E-state index in [0.29, 0.717) is 5.56 Å². The number of nitrogens with zero attached hydrogens (tertiary/aromatic N) is 1. The van der Waals surface area contributed by atoms with Crippen molar-refractivity contribution < 1.29 is 19.2 Å². The summed E-state index contributed by atoms with van der Waals surface area (Å²) in [6.07, 6.45) is 0. The van der Waals surface area contributed by atoms with Crippen LogP contribution in [0.2, 0.25) is 0 Å². The molecule has 0 heterocycles. The van der Waals surface area contributed by atoms with E-state index in [0.717, 1.165) is 11.6 Å². The van der Waals surface area contributed by atoms with Crippen molar-refractivity contribution in [2.75, 3.05) is 0 Å². The Bertz CT molecular complexity index is 655. The van der Waals surface area contributed by atoms with Gasteiger partial charge in [-0.25, -0.2) is 4.39 Å². The van der Waals surface area contributed by atoms with Crippen molar-refractivity contribution in [2.45, 2.75) is 6.61 Å². The van der Waals surface area contributed by atoms with Gasteiger partial charge in [-0.15, -0.1) is 0 Å². The summed E-state index contributed by atoms with van der Waals surface area (Å²) in [6.45, 7) is 0.140. The molecule has 2 N–H and O–H groups in total. The van der Waals surface area contributed by atoms with Crippen LogP contribution < -0.4 is 10.2 Å². The maximum Gasteiger partial charge on any atom is 0.492 e. The summed E-state index contributed by atoms with van der Waals surface area (Å²) in [5.41, 5.74) is 1.22. The number of rotatable bonds is 4. The van der Waals surface area contributed by atoms with Gasteiger partial charge in [0.05, 0.1) is 11.6 Å². The first kappa shape index (κ1) is 14.1. The van der Waals surface area contributed by atoms with Gasteiger partial charge in [0.2, 0.25) is 0 Å². The smallest absolute Gasteiger partial charge is 0.489 e. The van der Waals surface area contributed by atoms with Gasteiger partial charge in [-0.1, -0.05) is 12.1 Å². The van der Waals surface area contributed by atoms with Crippen molar-refractivity contribution in [3.8, 4) is 11.8 Å². The summed E-state index contributed by atoms with van der Waals surface area (Å²) < 4.78 is 18.5. The van der Waals surface area contributed by atoms with Gasteiger partial charge in [-0.05, 0) is 35.9 Å². The molecule has 2 aromatic carbocycles. The monoisotopic (exact) mass is 271 g/mol. The van der Waals surface area contributed by atoms with Crippen LogP contribution in [0.5, 0.6) is 5.75 Å². The van der Waals surface area contributed by atoms with Gasteiger partial charge in [0.25, 0.3) is 0 Å². The number of hydrogen-bond donors (Lipinski definition) is 2. The van der Waals surface area contributed by atoms with Crippen LogP contribution in [0.4, 0.5) is 4.39 Å². The zero-order valence-electron chi connectivity index (χ0n) is 10.5. The zero-order chi connectivity index (χ0) is 14.5. The SMILES string of the molecule is N#Cc1cccc(COc2ccc(F)cc2B(O)O)c1. The molecule has 0 bridgehead atoms. The number of benzene rings is 2. The van der Waals surface area contributed by atoms with E-state index < -0.39 is 12.9 Å². The van der Waals surface area contributed by atoms with E-state index in [9.17, 15) is 14.4 Å². The van der Waals surface area contributed by atoms with Crippen LogP contribution in [0, 0.1) is 17.1 Å². The first-order chi connectivity index (χ1) is 9.60. The molecule has 0 spiro atoms. The molecular weight excluding hydrogens is 260 g/mol. The molecule has 0 radical (unpaired) electrons. The average molecular weight is 271 g/mol. The van der Waals surface area contributed by atoms with Crippen molar-refractivity contribution in [2.24, 2.45) is 0 Å². The van der Waals surface area contributed by atoms with Gasteiger partial charge in [0, 0.05) is 5.46 Å². The predicted molar refractivity (Wildman–Crippen MR) is 71.7 cm³/mol. The molecule has 6 heteroatoms. The molecule has 0 aliphatic heterocycles. The number of halogens is 1. The predicted octanol–water partition coefficient (Wildman–Crippen LogP) is 0.956. The first-order valence-corrected chi connectivity index (χ1v) is 5.87. The van der Waals surface area contributed by atoms with Crippen molar-refractivity contribution >= 4 is 12.6 Å². The molecule has 0 aliphatic carbocycles. The summed E-state index contributed by atoms with van der Waals surface area (Å²) in [5, 5.41) is 27.1. The molecule has 0 fully saturated rings. The van der Waals surface area contributed by atoms with Gasteiger partial charge >= 0.3 is 7.12 Å². The normalized spacial score (nSPS) is 9.90. The molecule has 100 valence electrons. The lowest BCUT2D eigenvalue weighted by Crippen LogP contribution is -2.31. The highest BCUT2D eigenvalue weighted by Crippen LogP contribution is 2.13. The first-order valence-electron chi connectivity index (χ1n) is 5.87. The number of nitriles is 1. The van der Waals surface area contributed by atoms with E-state index >= 15 is 0 Å². The van der Waals surface area contributed by atoms with Gasteiger partial charge in [-0.3, -0.25) is 0 Å². The third-order valence-corrected chi connectivity index (χ3v) is 2.70. The molecule has 4 nitrogen and oxygen atoms in total. The Labute approximate surface area is 115 Å². The van der Waals surface area contributed by atoms with Gasteiger partial charge in [0.1, 0.15) is 18.2 Å². The maximum atomic E-state index is 13.1. The van der Waals surface area contributed by atoms with Crippen molar-refractivity contribution in [1.29, 1.82) is 5.26 Å². The minimum absolute atomic E-state index is 0.0403. The highest BCUT2D eigenvalue weighted by molar-refractivity contribution is 6.59. The fourth-order valence-electron chi connectivity index (χ4n) is 1.74. The lowest BCUT2D eigenvalue weighted by molar-refractivity contribution is 0.306. The molecule has 0 aliphatic rings. The van der Waals surface area contributed by atoms with E-state index in [-0.39, 0.29) is 17.8 Å². The van der Waals surface area contributed by atoms with E-state index in [1.165, 1.54) is 12.1 Å². The minimum atomic E-state index is -1.81. The topological polar surface area (TPSA) is 73.5 Å². The van der Waals surface area contributed by atoms with Gasteiger partial charge < -0.3 is 14.8 Å². The van der Waals surface area contributed by atoms with Crippen LogP contribution in [0.25, 0.3) is 0 Å². The maximum absolute atomic E-state index is 13.1. The Morgan fingerprint density at radius 1 is 1.20 bits per heavy atom. The molecule has 0 aromatic heterocycles. The molecule has 0 saturated carbocycles. The van der Waals surface area contributed by atoms with Crippen LogP contribution >= 0.6 is 0 Å². The quantitative estimate of drug-likeness (QED) is 0.812. The Hall–Kier alpha value is -2.36. The standard InChI is InChI=1S/C14H11BFNO3/c16-12-4-5-14(13(7-12)15(18)19)20-9-11-3-1-2-10(6-11)8-17/h1-7,18-19H,9H2. The second kappa shape index (κ2) is 6.19. The largest absolute Gasteiger partial charge is 0.492 e. The molecular formula is C14H11BFNO3. The van der Waals surface area contributed by atoms with Crippen molar-refractivity contribution in [1.82, 2.24) is 0 Å². The Morgan fingerprint density at radius 3 is 2.70 bits per heavy atom. The van der Waals surface area contributed by atoms with Crippen LogP contribution in [0.1, 0.15) is 11.1 Å². The van der Waals surface area contributed by atoms with Crippen molar-refractivity contribution in [3.63, 3.8) is 0 Å². The Balaban J connectivity index is 2.16. The summed E-state index contributed by atoms with van der Waals surface area (Å²) >= 11 is 0. The Kier molecular flexibility index (Phi) is 4.36. The second-order valence-electron chi connectivity index (χ2n) is 4.16. The van der Waals surface area contributed by atoms with Crippen LogP contribution in [-0.4, -0.2) is 17.2 Å². The molecule has 0 unspecified atom stereocenters. The van der Waals surface area contributed by atoms with E-state index in [1.807, 2.05) is 6.07 Å². The second-order valence-corrected chi connectivity index (χ2v) is 4.16. The molecule has 0 amide bonds. The summed E-state index contributed by atoms with van der Waals surface area (Å²) in [6, 6.07) is 12.4. The number of ether oxygens (including phenoxy) is 1. The third-order valence-electron chi connectivity index (χ3n) is 2.70. The summed E-state index contributed by atoms with van der Waals surface area (Å²) in [7, 11) is -1.81. The lowest BCUT2D eigenvalue weighted by Gasteiger charge is -2.11. The Morgan fingerprint density at radius 2 is 2.00 bits per heavy atom. The van der Waals surface area contributed by atoms with Crippen molar-refractivity contribution in [3.05, 3.63) is 59.4 Å². The lowest BCUT2D eigenvalue weighted by atomic mass is 9.79. The fourth-order valence-corrected chi connectivity index (χ4v) is 1.74. The van der Waals surface area contributed by atoms with Crippen LogP contribution in [0.3, 0.4) is 0 Å². The molecule has 0 saturated heterocycles. The highest BCUT2D eigenvalue weighted by Gasteiger charge is 2.18. The van der Waals surface area contributed by atoms with Gasteiger partial charge in [0.15, 0.2) is 0 Å². The third kappa shape index (κ3) is 3.35.